The van der Waals surface area contributed by atoms with Crippen molar-refractivity contribution in [3.05, 3.63) is 29.7 Å². The molecule has 3 heteroatoms. The molecular formula is C11H12ClNO. The van der Waals surface area contributed by atoms with E-state index in [0.717, 1.165) is 29.8 Å². The Morgan fingerprint density at radius 3 is 3.07 bits per heavy atom. The van der Waals surface area contributed by atoms with E-state index in [1.54, 1.807) is 0 Å². The third-order valence-corrected chi connectivity index (χ3v) is 2.38. The molecule has 0 N–H and O–H groups in total. The summed E-state index contributed by atoms with van der Waals surface area (Å²) in [5, 5.41) is 0. The summed E-state index contributed by atoms with van der Waals surface area (Å²) in [6, 6.07) is 6.03. The van der Waals surface area contributed by atoms with Crippen LogP contribution in [0.2, 0.25) is 0 Å². The lowest BCUT2D eigenvalue weighted by molar-refractivity contribution is 0.526. The molecule has 0 amide bonds. The Kier molecular flexibility index (Phi) is 2.73. The maximum atomic E-state index is 5.61. The van der Waals surface area contributed by atoms with Gasteiger partial charge in [-0.3, -0.25) is 0 Å². The van der Waals surface area contributed by atoms with Crippen LogP contribution in [0.3, 0.4) is 0 Å². The highest BCUT2D eigenvalue weighted by atomic mass is 35.5. The summed E-state index contributed by atoms with van der Waals surface area (Å²) in [7, 11) is 0. The van der Waals surface area contributed by atoms with Crippen molar-refractivity contribution in [1.82, 2.24) is 4.98 Å². The lowest BCUT2D eigenvalue weighted by Gasteiger charge is -1.89. The fraction of sp³-hybridized carbons (Fsp3) is 0.364. The molecule has 2 nitrogen and oxygen atoms in total. The average molecular weight is 210 g/mol. The van der Waals surface area contributed by atoms with Crippen molar-refractivity contribution < 1.29 is 4.42 Å². The van der Waals surface area contributed by atoms with Gasteiger partial charge in [-0.2, -0.15) is 0 Å². The molecule has 0 saturated carbocycles. The first kappa shape index (κ1) is 9.53. The van der Waals surface area contributed by atoms with Crippen LogP contribution in [-0.2, 0) is 6.42 Å². The average Bonchev–Trinajstić information content (AvgIpc) is 2.56. The number of hydrogen-bond donors (Lipinski definition) is 0. The van der Waals surface area contributed by atoms with Gasteiger partial charge in [0.05, 0.1) is 0 Å². The summed E-state index contributed by atoms with van der Waals surface area (Å²) in [5.41, 5.74) is 2.99. The summed E-state index contributed by atoms with van der Waals surface area (Å²) in [4.78, 5) is 4.37. The van der Waals surface area contributed by atoms with Gasteiger partial charge >= 0.3 is 0 Å². The first-order valence-corrected chi connectivity index (χ1v) is 5.25. The van der Waals surface area contributed by atoms with E-state index in [1.807, 2.05) is 25.1 Å². The monoisotopic (exact) mass is 209 g/mol. The topological polar surface area (TPSA) is 26.0 Å². The second-order valence-electron chi connectivity index (χ2n) is 3.37. The molecule has 0 bridgehead atoms. The Labute approximate surface area is 87.9 Å². The summed E-state index contributed by atoms with van der Waals surface area (Å²) in [6.07, 6.45) is 1.73. The highest BCUT2D eigenvalue weighted by molar-refractivity contribution is 6.17. The quantitative estimate of drug-likeness (QED) is 0.725. The Morgan fingerprint density at radius 2 is 2.29 bits per heavy atom. The second-order valence-corrected chi connectivity index (χ2v) is 3.75. The zero-order chi connectivity index (χ0) is 9.97. The first-order chi connectivity index (χ1) is 6.79. The van der Waals surface area contributed by atoms with E-state index in [2.05, 4.69) is 4.98 Å². The molecule has 0 aliphatic heterocycles. The van der Waals surface area contributed by atoms with Crippen molar-refractivity contribution in [2.45, 2.75) is 19.8 Å². The molecule has 1 heterocycles. The van der Waals surface area contributed by atoms with Gasteiger partial charge in [0.15, 0.2) is 11.5 Å². The van der Waals surface area contributed by atoms with E-state index in [4.69, 9.17) is 16.0 Å². The minimum atomic E-state index is 0.651. The zero-order valence-electron chi connectivity index (χ0n) is 8.09. The number of halogens is 1. The van der Waals surface area contributed by atoms with Gasteiger partial charge in [-0.1, -0.05) is 6.07 Å². The number of hydrogen-bond acceptors (Lipinski definition) is 2. The van der Waals surface area contributed by atoms with E-state index >= 15 is 0 Å². The van der Waals surface area contributed by atoms with Crippen molar-refractivity contribution >= 4 is 22.7 Å². The van der Waals surface area contributed by atoms with E-state index in [0.29, 0.717) is 5.88 Å². The fourth-order valence-electron chi connectivity index (χ4n) is 1.40. The van der Waals surface area contributed by atoms with Crippen molar-refractivity contribution in [1.29, 1.82) is 0 Å². The van der Waals surface area contributed by atoms with Crippen LogP contribution in [0.15, 0.2) is 22.6 Å². The molecule has 2 rings (SSSR count). The molecule has 2 aromatic rings. The summed E-state index contributed by atoms with van der Waals surface area (Å²) >= 11 is 5.61. The number of aromatic nitrogens is 1. The van der Waals surface area contributed by atoms with Crippen LogP contribution in [0.25, 0.3) is 11.1 Å². The van der Waals surface area contributed by atoms with Crippen LogP contribution < -0.4 is 0 Å². The highest BCUT2D eigenvalue weighted by Crippen LogP contribution is 2.17. The molecule has 0 atom stereocenters. The number of rotatable bonds is 3. The van der Waals surface area contributed by atoms with Gasteiger partial charge < -0.3 is 4.42 Å². The van der Waals surface area contributed by atoms with E-state index in [1.165, 1.54) is 5.56 Å². The van der Waals surface area contributed by atoms with E-state index in [-0.39, 0.29) is 0 Å². The van der Waals surface area contributed by atoms with Crippen LogP contribution in [-0.4, -0.2) is 10.9 Å². The van der Waals surface area contributed by atoms with Gasteiger partial charge in [-0.25, -0.2) is 4.98 Å². The Bertz CT molecular complexity index is 436. The van der Waals surface area contributed by atoms with E-state index in [9.17, 15) is 0 Å². The Hall–Kier alpha value is -1.02. The molecule has 0 saturated heterocycles. The lowest BCUT2D eigenvalue weighted by atomic mass is 10.2. The predicted octanol–water partition coefficient (Wildman–Crippen LogP) is 3.31. The molecule has 0 spiro atoms. The molecule has 74 valence electrons. The number of alkyl halides is 1. The maximum absolute atomic E-state index is 5.61. The van der Waals surface area contributed by atoms with Crippen molar-refractivity contribution in [2.75, 3.05) is 5.88 Å². The second kappa shape index (κ2) is 4.01. The minimum Gasteiger partial charge on any atom is -0.441 e. The number of oxazole rings is 1. The molecule has 1 aromatic heterocycles. The first-order valence-electron chi connectivity index (χ1n) is 4.71. The number of fused-ring (bicyclic) bond motifs is 1. The Morgan fingerprint density at radius 1 is 1.43 bits per heavy atom. The predicted molar refractivity (Wildman–Crippen MR) is 57.8 cm³/mol. The highest BCUT2D eigenvalue weighted by Gasteiger charge is 2.04. The summed E-state index contributed by atoms with van der Waals surface area (Å²) < 4.78 is 5.58. The smallest absolute Gasteiger partial charge is 0.195 e. The molecule has 0 radical (unpaired) electrons. The summed E-state index contributed by atoms with van der Waals surface area (Å²) in [5.74, 6) is 1.43. The van der Waals surface area contributed by atoms with Gasteiger partial charge in [-0.15, -0.1) is 11.6 Å². The third kappa shape index (κ3) is 1.90. The summed E-state index contributed by atoms with van der Waals surface area (Å²) in [6.45, 7) is 2.04. The lowest BCUT2D eigenvalue weighted by Crippen LogP contribution is -1.84. The largest absolute Gasteiger partial charge is 0.441 e. The standard InChI is InChI=1S/C11H12ClNO/c1-8-4-5-9-10(7-8)14-11(13-9)3-2-6-12/h4-5,7H,2-3,6H2,1H3. The Balaban J connectivity index is 2.32. The molecule has 0 fully saturated rings. The third-order valence-electron chi connectivity index (χ3n) is 2.11. The molecule has 0 aliphatic rings. The SMILES string of the molecule is Cc1ccc2nc(CCCCl)oc2c1. The molecule has 0 unspecified atom stereocenters. The molecule has 1 aromatic carbocycles. The van der Waals surface area contributed by atoms with Gasteiger partial charge in [-0.05, 0) is 31.0 Å². The number of benzene rings is 1. The van der Waals surface area contributed by atoms with Crippen LogP contribution in [0.5, 0.6) is 0 Å². The number of nitrogens with zero attached hydrogens (tertiary/aromatic N) is 1. The van der Waals surface area contributed by atoms with E-state index < -0.39 is 0 Å². The van der Waals surface area contributed by atoms with Crippen molar-refractivity contribution in [3.8, 4) is 0 Å². The van der Waals surface area contributed by atoms with Crippen LogP contribution in [0, 0.1) is 6.92 Å². The van der Waals surface area contributed by atoms with Crippen LogP contribution in [0.1, 0.15) is 17.9 Å². The van der Waals surface area contributed by atoms with Crippen LogP contribution >= 0.6 is 11.6 Å². The van der Waals surface area contributed by atoms with Gasteiger partial charge in [0.2, 0.25) is 0 Å². The van der Waals surface area contributed by atoms with Crippen molar-refractivity contribution in [3.63, 3.8) is 0 Å². The molecular weight excluding hydrogens is 198 g/mol. The maximum Gasteiger partial charge on any atom is 0.195 e. The van der Waals surface area contributed by atoms with Gasteiger partial charge in [0.1, 0.15) is 5.52 Å². The zero-order valence-corrected chi connectivity index (χ0v) is 8.84. The fourth-order valence-corrected chi connectivity index (χ4v) is 1.54. The van der Waals surface area contributed by atoms with Gasteiger partial charge in [0, 0.05) is 12.3 Å². The minimum absolute atomic E-state index is 0.651. The van der Waals surface area contributed by atoms with Gasteiger partial charge in [0.25, 0.3) is 0 Å². The molecule has 0 aliphatic carbocycles. The normalized spacial score (nSPS) is 11.0. The van der Waals surface area contributed by atoms with Crippen LogP contribution in [0.4, 0.5) is 0 Å². The number of aryl methyl sites for hydroxylation is 2. The molecule has 14 heavy (non-hydrogen) atoms. The van der Waals surface area contributed by atoms with Crippen molar-refractivity contribution in [2.24, 2.45) is 0 Å².